The highest BCUT2D eigenvalue weighted by Gasteiger charge is 2.10. The van der Waals surface area contributed by atoms with Crippen LogP contribution in [0.3, 0.4) is 0 Å². The molecule has 21 heavy (non-hydrogen) atoms. The molecule has 0 aliphatic heterocycles. The number of nitrogens with zero attached hydrogens (tertiary/aromatic N) is 3. The third kappa shape index (κ3) is 5.02. The lowest BCUT2D eigenvalue weighted by Gasteiger charge is -2.18. The van der Waals surface area contributed by atoms with Gasteiger partial charge < -0.3 is 10.8 Å². The molecule has 1 amide bonds. The van der Waals surface area contributed by atoms with Crippen LogP contribution in [0.2, 0.25) is 0 Å². The van der Waals surface area contributed by atoms with Crippen LogP contribution >= 0.6 is 0 Å². The van der Waals surface area contributed by atoms with E-state index in [1.54, 1.807) is 11.1 Å². The molecule has 3 N–H and O–H groups in total. The average molecular weight is 288 g/mol. The zero-order valence-electron chi connectivity index (χ0n) is 11.9. The number of carbonyl (C=O) groups is 1. The van der Waals surface area contributed by atoms with Crippen LogP contribution in [0.1, 0.15) is 11.1 Å². The smallest absolute Gasteiger partial charge is 0.231 e. The van der Waals surface area contributed by atoms with Crippen molar-refractivity contribution in [1.82, 2.24) is 14.7 Å². The molecule has 0 aliphatic rings. The van der Waals surface area contributed by atoms with E-state index in [1.165, 1.54) is 5.56 Å². The summed E-state index contributed by atoms with van der Waals surface area (Å²) in [7, 11) is 0. The van der Waals surface area contributed by atoms with E-state index in [2.05, 4.69) is 5.10 Å². The van der Waals surface area contributed by atoms with Gasteiger partial charge in [-0.3, -0.25) is 14.4 Å². The number of aromatic nitrogens is 2. The van der Waals surface area contributed by atoms with Crippen LogP contribution in [-0.4, -0.2) is 45.4 Å². The Morgan fingerprint density at radius 2 is 2.05 bits per heavy atom. The highest BCUT2D eigenvalue weighted by Crippen LogP contribution is 2.06. The highest BCUT2D eigenvalue weighted by atomic mass is 16.3. The van der Waals surface area contributed by atoms with Gasteiger partial charge in [-0.25, -0.2) is 0 Å². The Labute approximate surface area is 123 Å². The van der Waals surface area contributed by atoms with Gasteiger partial charge in [0.05, 0.1) is 25.9 Å². The first-order valence-corrected chi connectivity index (χ1v) is 6.84. The summed E-state index contributed by atoms with van der Waals surface area (Å²) in [5.41, 5.74) is 7.37. The van der Waals surface area contributed by atoms with Crippen molar-refractivity contribution >= 4 is 5.91 Å². The summed E-state index contributed by atoms with van der Waals surface area (Å²) in [6.07, 6.45) is 3.71. The molecule has 1 aromatic carbocycles. The van der Waals surface area contributed by atoms with Crippen molar-refractivity contribution in [3.05, 3.63) is 53.9 Å². The van der Waals surface area contributed by atoms with Gasteiger partial charge in [-0.1, -0.05) is 30.3 Å². The summed E-state index contributed by atoms with van der Waals surface area (Å²) in [6.45, 7) is 1.78. The minimum Gasteiger partial charge on any atom is -0.395 e. The van der Waals surface area contributed by atoms with Gasteiger partial charge in [-0.05, 0) is 5.56 Å². The first-order chi connectivity index (χ1) is 10.2. The van der Waals surface area contributed by atoms with E-state index in [4.69, 9.17) is 10.8 Å². The first kappa shape index (κ1) is 15.2. The Morgan fingerprint density at radius 3 is 2.71 bits per heavy atom. The topological polar surface area (TPSA) is 84.4 Å². The number of rotatable bonds is 8. The lowest BCUT2D eigenvalue weighted by Crippen LogP contribution is -2.35. The Hall–Kier alpha value is -2.18. The molecule has 6 nitrogen and oxygen atoms in total. The van der Waals surface area contributed by atoms with Gasteiger partial charge >= 0.3 is 0 Å². The van der Waals surface area contributed by atoms with Gasteiger partial charge in [0, 0.05) is 24.8 Å². The number of aliphatic hydroxyl groups is 1. The SMILES string of the molecule is NC(=O)CN(CCO)Cc1cnn(Cc2ccccc2)c1. The van der Waals surface area contributed by atoms with E-state index < -0.39 is 5.91 Å². The van der Waals surface area contributed by atoms with Crippen molar-refractivity contribution in [3.63, 3.8) is 0 Å². The molecular formula is C15H20N4O2. The molecule has 0 fully saturated rings. The number of amides is 1. The lowest BCUT2D eigenvalue weighted by molar-refractivity contribution is -0.119. The molecule has 1 aromatic heterocycles. The fraction of sp³-hybridized carbons (Fsp3) is 0.333. The normalized spacial score (nSPS) is 11.0. The van der Waals surface area contributed by atoms with Crippen molar-refractivity contribution in [3.8, 4) is 0 Å². The monoisotopic (exact) mass is 288 g/mol. The Balaban J connectivity index is 1.96. The molecule has 0 spiro atoms. The van der Waals surface area contributed by atoms with Gasteiger partial charge in [-0.15, -0.1) is 0 Å². The van der Waals surface area contributed by atoms with Gasteiger partial charge in [-0.2, -0.15) is 5.10 Å². The largest absolute Gasteiger partial charge is 0.395 e. The van der Waals surface area contributed by atoms with Crippen molar-refractivity contribution in [2.75, 3.05) is 19.7 Å². The maximum atomic E-state index is 11.0. The molecule has 0 atom stereocenters. The number of benzene rings is 1. The zero-order valence-corrected chi connectivity index (χ0v) is 11.9. The summed E-state index contributed by atoms with van der Waals surface area (Å²) in [4.78, 5) is 12.8. The zero-order chi connectivity index (χ0) is 15.1. The van der Waals surface area contributed by atoms with E-state index >= 15 is 0 Å². The number of carbonyl (C=O) groups excluding carboxylic acids is 1. The summed E-state index contributed by atoms with van der Waals surface area (Å²) in [6, 6.07) is 10.1. The van der Waals surface area contributed by atoms with Crippen LogP contribution in [0.4, 0.5) is 0 Å². The quantitative estimate of drug-likeness (QED) is 0.727. The molecular weight excluding hydrogens is 268 g/mol. The second-order valence-electron chi connectivity index (χ2n) is 4.93. The summed E-state index contributed by atoms with van der Waals surface area (Å²) < 4.78 is 1.85. The Morgan fingerprint density at radius 1 is 1.29 bits per heavy atom. The van der Waals surface area contributed by atoms with Crippen LogP contribution in [0.25, 0.3) is 0 Å². The molecule has 2 rings (SSSR count). The van der Waals surface area contributed by atoms with Crippen molar-refractivity contribution in [2.45, 2.75) is 13.1 Å². The molecule has 6 heteroatoms. The van der Waals surface area contributed by atoms with Gasteiger partial charge in [0.2, 0.25) is 5.91 Å². The molecule has 0 bridgehead atoms. The third-order valence-electron chi connectivity index (χ3n) is 3.08. The summed E-state index contributed by atoms with van der Waals surface area (Å²) in [5, 5.41) is 13.3. The van der Waals surface area contributed by atoms with Crippen LogP contribution in [-0.2, 0) is 17.9 Å². The standard InChI is InChI=1S/C15H20N4O2/c16-15(21)12-18(6-7-20)9-14-8-17-19(11-14)10-13-4-2-1-3-5-13/h1-5,8,11,20H,6-7,9-10,12H2,(H2,16,21). The second kappa shape index (κ2) is 7.56. The molecule has 0 radical (unpaired) electrons. The molecule has 0 aliphatic carbocycles. The molecule has 1 heterocycles. The number of nitrogens with two attached hydrogens (primary N) is 1. The minimum absolute atomic E-state index is 0.00850. The highest BCUT2D eigenvalue weighted by molar-refractivity contribution is 5.75. The second-order valence-corrected chi connectivity index (χ2v) is 4.93. The van der Waals surface area contributed by atoms with E-state index in [-0.39, 0.29) is 13.2 Å². The van der Waals surface area contributed by atoms with E-state index in [0.29, 0.717) is 19.6 Å². The Bertz CT molecular complexity index is 568. The molecule has 2 aromatic rings. The predicted molar refractivity (Wildman–Crippen MR) is 79.3 cm³/mol. The van der Waals surface area contributed by atoms with E-state index in [9.17, 15) is 4.79 Å². The molecule has 0 unspecified atom stereocenters. The van der Waals surface area contributed by atoms with E-state index in [0.717, 1.165) is 5.56 Å². The Kier molecular flexibility index (Phi) is 5.48. The maximum Gasteiger partial charge on any atom is 0.231 e. The summed E-state index contributed by atoms with van der Waals surface area (Å²) in [5.74, 6) is -0.403. The fourth-order valence-electron chi connectivity index (χ4n) is 2.18. The minimum atomic E-state index is -0.403. The van der Waals surface area contributed by atoms with E-state index in [1.807, 2.05) is 41.2 Å². The van der Waals surface area contributed by atoms with Gasteiger partial charge in [0.25, 0.3) is 0 Å². The van der Waals surface area contributed by atoms with Gasteiger partial charge in [0.15, 0.2) is 0 Å². The maximum absolute atomic E-state index is 11.0. The fourth-order valence-corrected chi connectivity index (χ4v) is 2.18. The van der Waals surface area contributed by atoms with Crippen LogP contribution in [0.15, 0.2) is 42.7 Å². The first-order valence-electron chi connectivity index (χ1n) is 6.84. The lowest BCUT2D eigenvalue weighted by atomic mass is 10.2. The van der Waals surface area contributed by atoms with Gasteiger partial charge in [0.1, 0.15) is 0 Å². The predicted octanol–water partition coefficient (Wildman–Crippen LogP) is 0.211. The molecule has 0 saturated carbocycles. The van der Waals surface area contributed by atoms with Crippen LogP contribution < -0.4 is 5.73 Å². The van der Waals surface area contributed by atoms with Crippen molar-refractivity contribution in [1.29, 1.82) is 0 Å². The number of hydrogen-bond acceptors (Lipinski definition) is 4. The number of hydrogen-bond donors (Lipinski definition) is 2. The van der Waals surface area contributed by atoms with Crippen LogP contribution in [0, 0.1) is 0 Å². The van der Waals surface area contributed by atoms with Crippen molar-refractivity contribution in [2.24, 2.45) is 5.73 Å². The van der Waals surface area contributed by atoms with Crippen LogP contribution in [0.5, 0.6) is 0 Å². The van der Waals surface area contributed by atoms with Crippen molar-refractivity contribution < 1.29 is 9.90 Å². The molecule has 0 saturated heterocycles. The number of aliphatic hydroxyl groups excluding tert-OH is 1. The number of primary amides is 1. The third-order valence-corrected chi connectivity index (χ3v) is 3.08. The average Bonchev–Trinajstić information content (AvgIpc) is 2.86. The summed E-state index contributed by atoms with van der Waals surface area (Å²) >= 11 is 0. The molecule has 112 valence electrons.